The fraction of sp³-hybridized carbons (Fsp3) is 0.429. The highest BCUT2D eigenvalue weighted by molar-refractivity contribution is 6.00. The fourth-order valence-electron chi connectivity index (χ4n) is 2.21. The van der Waals surface area contributed by atoms with Crippen molar-refractivity contribution in [2.45, 2.75) is 13.0 Å². The molecule has 2 amide bonds. The van der Waals surface area contributed by atoms with Crippen LogP contribution in [0.1, 0.15) is 17.3 Å². The second-order valence-corrected chi connectivity index (χ2v) is 4.66. The smallest absolute Gasteiger partial charge is 0.258 e. The third kappa shape index (κ3) is 3.08. The lowest BCUT2D eigenvalue weighted by Crippen LogP contribution is -2.55. The minimum atomic E-state index is -0.743. The van der Waals surface area contributed by atoms with Crippen molar-refractivity contribution in [1.82, 2.24) is 10.2 Å². The van der Waals surface area contributed by atoms with Crippen LogP contribution in [-0.2, 0) is 9.53 Å². The number of hydrogen-bond acceptors (Lipinski definition) is 5. The number of aromatic hydroxyl groups is 2. The van der Waals surface area contributed by atoms with E-state index in [9.17, 15) is 19.8 Å². The van der Waals surface area contributed by atoms with Gasteiger partial charge in [0.15, 0.2) is 11.5 Å². The summed E-state index contributed by atoms with van der Waals surface area (Å²) in [7, 11) is 0. The van der Waals surface area contributed by atoms with Crippen LogP contribution in [0.25, 0.3) is 0 Å². The third-order valence-corrected chi connectivity index (χ3v) is 3.29. The number of nitrogens with zero attached hydrogens (tertiary/aromatic N) is 1. The van der Waals surface area contributed by atoms with Gasteiger partial charge in [-0.25, -0.2) is 0 Å². The van der Waals surface area contributed by atoms with Gasteiger partial charge in [0.05, 0.1) is 18.8 Å². The highest BCUT2D eigenvalue weighted by Crippen LogP contribution is 2.29. The van der Waals surface area contributed by atoms with Gasteiger partial charge in [0, 0.05) is 13.1 Å². The molecule has 1 atom stereocenters. The number of benzene rings is 1. The van der Waals surface area contributed by atoms with Gasteiger partial charge in [-0.1, -0.05) is 6.07 Å². The maximum atomic E-state index is 12.5. The number of ether oxygens (including phenoxy) is 1. The minimum Gasteiger partial charge on any atom is -0.504 e. The van der Waals surface area contributed by atoms with E-state index in [2.05, 4.69) is 5.32 Å². The van der Waals surface area contributed by atoms with E-state index in [-0.39, 0.29) is 30.4 Å². The molecule has 1 aromatic carbocycles. The van der Waals surface area contributed by atoms with Gasteiger partial charge in [-0.3, -0.25) is 9.59 Å². The normalized spacial score (nSPS) is 18.3. The summed E-state index contributed by atoms with van der Waals surface area (Å²) in [6.07, 6.45) is 0. The van der Waals surface area contributed by atoms with Crippen LogP contribution in [0.4, 0.5) is 0 Å². The Morgan fingerprint density at radius 2 is 2.19 bits per heavy atom. The SMILES string of the molecule is CCNC(=O)C1COCCN1C(=O)c1cccc(O)c1O. The molecule has 1 fully saturated rings. The number of carbonyl (C=O) groups excluding carboxylic acids is 2. The molecular weight excluding hydrogens is 276 g/mol. The van der Waals surface area contributed by atoms with Gasteiger partial charge >= 0.3 is 0 Å². The predicted molar refractivity (Wildman–Crippen MR) is 74.1 cm³/mol. The molecule has 0 radical (unpaired) electrons. The lowest BCUT2D eigenvalue weighted by molar-refractivity contribution is -0.130. The zero-order valence-corrected chi connectivity index (χ0v) is 11.7. The molecule has 1 unspecified atom stereocenters. The number of hydrogen-bond donors (Lipinski definition) is 3. The first-order chi connectivity index (χ1) is 10.1. The molecule has 114 valence electrons. The Bertz CT molecular complexity index is 546. The summed E-state index contributed by atoms with van der Waals surface area (Å²) in [5, 5.41) is 21.9. The van der Waals surface area contributed by atoms with Crippen LogP contribution in [0.15, 0.2) is 18.2 Å². The molecule has 21 heavy (non-hydrogen) atoms. The van der Waals surface area contributed by atoms with Crippen LogP contribution in [0, 0.1) is 0 Å². The van der Waals surface area contributed by atoms with E-state index in [1.54, 1.807) is 6.92 Å². The van der Waals surface area contributed by atoms with Crippen LogP contribution in [-0.4, -0.2) is 59.3 Å². The van der Waals surface area contributed by atoms with Gasteiger partial charge < -0.3 is 25.2 Å². The van der Waals surface area contributed by atoms with Gasteiger partial charge in [-0.2, -0.15) is 0 Å². The Labute approximate surface area is 122 Å². The van der Waals surface area contributed by atoms with Crippen molar-refractivity contribution in [1.29, 1.82) is 0 Å². The Kier molecular flexibility index (Phi) is 4.64. The number of morpholine rings is 1. The maximum Gasteiger partial charge on any atom is 0.258 e. The molecule has 3 N–H and O–H groups in total. The number of likely N-dealkylation sites (N-methyl/N-ethyl adjacent to an activating group) is 1. The molecule has 1 heterocycles. The summed E-state index contributed by atoms with van der Waals surface area (Å²) in [6.45, 7) is 2.91. The number of phenolic OH excluding ortho intramolecular Hbond substituents is 2. The largest absolute Gasteiger partial charge is 0.504 e. The van der Waals surface area contributed by atoms with Crippen molar-refractivity contribution in [2.24, 2.45) is 0 Å². The quantitative estimate of drug-likeness (QED) is 0.685. The molecule has 1 aliphatic rings. The molecule has 1 saturated heterocycles. The molecule has 2 rings (SSSR count). The Hall–Kier alpha value is -2.28. The van der Waals surface area contributed by atoms with Crippen molar-refractivity contribution in [3.63, 3.8) is 0 Å². The van der Waals surface area contributed by atoms with E-state index in [1.165, 1.54) is 23.1 Å². The molecule has 1 aliphatic heterocycles. The lowest BCUT2D eigenvalue weighted by atomic mass is 10.1. The second-order valence-electron chi connectivity index (χ2n) is 4.66. The number of carbonyl (C=O) groups is 2. The third-order valence-electron chi connectivity index (χ3n) is 3.29. The molecule has 0 spiro atoms. The van der Waals surface area contributed by atoms with Crippen molar-refractivity contribution in [2.75, 3.05) is 26.3 Å². The van der Waals surface area contributed by atoms with E-state index >= 15 is 0 Å². The number of phenols is 2. The van der Waals surface area contributed by atoms with E-state index in [4.69, 9.17) is 4.74 Å². The molecule has 7 heteroatoms. The predicted octanol–water partition coefficient (Wildman–Crippen LogP) is 0.0749. The van der Waals surface area contributed by atoms with Gasteiger partial charge in [0.2, 0.25) is 5.91 Å². The first kappa shape index (κ1) is 15.1. The van der Waals surface area contributed by atoms with Crippen LogP contribution in [0.3, 0.4) is 0 Å². The van der Waals surface area contributed by atoms with Crippen LogP contribution in [0.5, 0.6) is 11.5 Å². The summed E-state index contributed by atoms with van der Waals surface area (Å²) in [5.41, 5.74) is -0.0359. The van der Waals surface area contributed by atoms with Gasteiger partial charge in [0.1, 0.15) is 6.04 Å². The average Bonchev–Trinajstić information content (AvgIpc) is 2.49. The highest BCUT2D eigenvalue weighted by atomic mass is 16.5. The highest BCUT2D eigenvalue weighted by Gasteiger charge is 2.34. The van der Waals surface area contributed by atoms with E-state index in [0.717, 1.165) is 0 Å². The lowest BCUT2D eigenvalue weighted by Gasteiger charge is -2.34. The topological polar surface area (TPSA) is 99.1 Å². The molecule has 1 aromatic rings. The first-order valence-electron chi connectivity index (χ1n) is 6.73. The molecule has 0 aliphatic carbocycles. The van der Waals surface area contributed by atoms with Gasteiger partial charge in [0.25, 0.3) is 5.91 Å². The zero-order valence-electron chi connectivity index (χ0n) is 11.7. The average molecular weight is 294 g/mol. The van der Waals surface area contributed by atoms with Crippen molar-refractivity contribution in [3.05, 3.63) is 23.8 Å². The first-order valence-corrected chi connectivity index (χ1v) is 6.73. The summed E-state index contributed by atoms with van der Waals surface area (Å²) in [4.78, 5) is 25.9. The van der Waals surface area contributed by atoms with E-state index in [0.29, 0.717) is 13.2 Å². The van der Waals surface area contributed by atoms with Crippen molar-refractivity contribution < 1.29 is 24.5 Å². The van der Waals surface area contributed by atoms with Crippen LogP contribution < -0.4 is 5.32 Å². The van der Waals surface area contributed by atoms with Crippen molar-refractivity contribution in [3.8, 4) is 11.5 Å². The summed E-state index contributed by atoms with van der Waals surface area (Å²) in [6, 6.07) is 3.41. The minimum absolute atomic E-state index is 0.0359. The Morgan fingerprint density at radius 1 is 1.43 bits per heavy atom. The molecule has 0 saturated carbocycles. The monoisotopic (exact) mass is 294 g/mol. The molecular formula is C14H18N2O5. The zero-order chi connectivity index (χ0) is 15.4. The summed E-state index contributed by atoms with van der Waals surface area (Å²) >= 11 is 0. The fourth-order valence-corrected chi connectivity index (χ4v) is 2.21. The number of rotatable bonds is 3. The number of amides is 2. The van der Waals surface area contributed by atoms with Crippen LogP contribution in [0.2, 0.25) is 0 Å². The molecule has 7 nitrogen and oxygen atoms in total. The molecule has 0 aromatic heterocycles. The Balaban J connectivity index is 2.26. The second kappa shape index (κ2) is 6.45. The van der Waals surface area contributed by atoms with Gasteiger partial charge in [-0.15, -0.1) is 0 Å². The van der Waals surface area contributed by atoms with Crippen LogP contribution >= 0.6 is 0 Å². The standard InChI is InChI=1S/C14H18N2O5/c1-2-15-13(19)10-8-21-7-6-16(10)14(20)9-4-3-5-11(17)12(9)18/h3-5,10,17-18H,2,6-8H2,1H3,(H,15,19). The summed E-state index contributed by atoms with van der Waals surface area (Å²) in [5.74, 6) is -1.67. The number of para-hydroxylation sites is 1. The van der Waals surface area contributed by atoms with E-state index in [1.807, 2.05) is 0 Å². The Morgan fingerprint density at radius 3 is 2.90 bits per heavy atom. The van der Waals surface area contributed by atoms with Gasteiger partial charge in [-0.05, 0) is 19.1 Å². The van der Waals surface area contributed by atoms with E-state index < -0.39 is 17.7 Å². The summed E-state index contributed by atoms with van der Waals surface area (Å²) < 4.78 is 5.25. The van der Waals surface area contributed by atoms with Crippen molar-refractivity contribution >= 4 is 11.8 Å². The maximum absolute atomic E-state index is 12.5. The molecule has 0 bridgehead atoms. The number of nitrogens with one attached hydrogen (secondary N) is 1.